The van der Waals surface area contributed by atoms with Crippen molar-refractivity contribution in [3.63, 3.8) is 0 Å². The van der Waals surface area contributed by atoms with Gasteiger partial charge in [0.1, 0.15) is 11.5 Å². The Kier molecular flexibility index (Phi) is 3.96. The van der Waals surface area contributed by atoms with E-state index in [1.54, 1.807) is 26.8 Å². The number of phenols is 1. The zero-order valence-corrected chi connectivity index (χ0v) is 10.4. The minimum atomic E-state index is -0.500. The number of carbonyl (C=O) groups excluding carboxylic acids is 1. The largest absolute Gasteiger partial charge is 0.507 e. The molecule has 1 aromatic rings. The van der Waals surface area contributed by atoms with E-state index in [4.69, 9.17) is 9.57 Å². The van der Waals surface area contributed by atoms with Crippen LogP contribution in [0.5, 0.6) is 11.5 Å². The first kappa shape index (κ1) is 13.3. The van der Waals surface area contributed by atoms with E-state index in [0.29, 0.717) is 5.75 Å². The molecule has 0 heterocycles. The van der Waals surface area contributed by atoms with Gasteiger partial charge in [0.05, 0.1) is 18.3 Å². The van der Waals surface area contributed by atoms with Crippen LogP contribution in [0.2, 0.25) is 0 Å². The predicted molar refractivity (Wildman–Crippen MR) is 63.0 cm³/mol. The molecule has 0 unspecified atom stereocenters. The van der Waals surface area contributed by atoms with E-state index in [2.05, 4.69) is 5.48 Å². The van der Waals surface area contributed by atoms with Crippen LogP contribution in [0.1, 0.15) is 31.1 Å². The summed E-state index contributed by atoms with van der Waals surface area (Å²) >= 11 is 0. The lowest BCUT2D eigenvalue weighted by Gasteiger charge is -2.19. The van der Waals surface area contributed by atoms with E-state index in [9.17, 15) is 9.90 Å². The molecule has 17 heavy (non-hydrogen) atoms. The normalized spacial score (nSPS) is 11.1. The first-order valence-corrected chi connectivity index (χ1v) is 5.19. The molecule has 0 aliphatic heterocycles. The van der Waals surface area contributed by atoms with Crippen molar-refractivity contribution in [2.45, 2.75) is 26.4 Å². The molecular weight excluding hydrogens is 222 g/mol. The molecule has 0 aliphatic carbocycles. The summed E-state index contributed by atoms with van der Waals surface area (Å²) in [6.45, 7) is 5.42. The van der Waals surface area contributed by atoms with E-state index in [-0.39, 0.29) is 11.3 Å². The fourth-order valence-corrected chi connectivity index (χ4v) is 1.08. The number of hydroxylamine groups is 1. The molecule has 0 aromatic heterocycles. The number of hydrogen-bond acceptors (Lipinski definition) is 4. The number of carbonyl (C=O) groups is 1. The van der Waals surface area contributed by atoms with E-state index >= 15 is 0 Å². The van der Waals surface area contributed by atoms with Gasteiger partial charge >= 0.3 is 0 Å². The predicted octanol–water partition coefficient (Wildman–Crippen LogP) is 1.86. The Morgan fingerprint density at radius 1 is 1.35 bits per heavy atom. The van der Waals surface area contributed by atoms with Gasteiger partial charge in [-0.1, -0.05) is 0 Å². The van der Waals surface area contributed by atoms with Crippen molar-refractivity contribution < 1.29 is 19.5 Å². The Balaban J connectivity index is 2.76. The fourth-order valence-electron chi connectivity index (χ4n) is 1.08. The minimum Gasteiger partial charge on any atom is -0.507 e. The lowest BCUT2D eigenvalue weighted by molar-refractivity contribution is -0.0590. The highest BCUT2D eigenvalue weighted by Crippen LogP contribution is 2.23. The molecule has 2 N–H and O–H groups in total. The van der Waals surface area contributed by atoms with Gasteiger partial charge in [-0.25, -0.2) is 5.48 Å². The zero-order chi connectivity index (χ0) is 13.1. The second-order valence-corrected chi connectivity index (χ2v) is 4.53. The molecule has 1 rings (SSSR count). The molecule has 0 aliphatic rings. The van der Waals surface area contributed by atoms with Crippen LogP contribution in [0, 0.1) is 0 Å². The summed E-state index contributed by atoms with van der Waals surface area (Å²) in [5.41, 5.74) is 1.92. The van der Waals surface area contributed by atoms with Crippen LogP contribution in [0.25, 0.3) is 0 Å². The molecule has 1 amide bonds. The third kappa shape index (κ3) is 3.96. The summed E-state index contributed by atoms with van der Waals surface area (Å²) in [6.07, 6.45) is 0. The van der Waals surface area contributed by atoms with Crippen LogP contribution in [-0.4, -0.2) is 23.7 Å². The summed E-state index contributed by atoms with van der Waals surface area (Å²) in [4.78, 5) is 16.8. The van der Waals surface area contributed by atoms with Gasteiger partial charge in [0.25, 0.3) is 5.91 Å². The summed E-state index contributed by atoms with van der Waals surface area (Å²) in [7, 11) is 1.48. The summed E-state index contributed by atoms with van der Waals surface area (Å²) in [6, 6.07) is 4.42. The van der Waals surface area contributed by atoms with Crippen LogP contribution in [0.4, 0.5) is 0 Å². The average molecular weight is 239 g/mol. The molecule has 0 fully saturated rings. The van der Waals surface area contributed by atoms with Crippen LogP contribution < -0.4 is 10.2 Å². The molecule has 0 saturated heterocycles. The lowest BCUT2D eigenvalue weighted by atomic mass is 10.2. The maximum absolute atomic E-state index is 11.7. The van der Waals surface area contributed by atoms with Crippen LogP contribution in [-0.2, 0) is 4.84 Å². The van der Waals surface area contributed by atoms with Gasteiger partial charge in [-0.15, -0.1) is 0 Å². The molecule has 0 atom stereocenters. The number of amides is 1. The molecule has 0 bridgehead atoms. The third-order valence-electron chi connectivity index (χ3n) is 1.90. The number of ether oxygens (including phenoxy) is 1. The van der Waals surface area contributed by atoms with Gasteiger partial charge in [-0.2, -0.15) is 0 Å². The average Bonchev–Trinajstić information content (AvgIpc) is 2.24. The maximum Gasteiger partial charge on any atom is 0.278 e. The van der Waals surface area contributed by atoms with Crippen LogP contribution >= 0.6 is 0 Å². The molecule has 0 spiro atoms. The molecule has 94 valence electrons. The number of rotatable bonds is 3. The minimum absolute atomic E-state index is 0.134. The molecule has 0 radical (unpaired) electrons. The number of benzene rings is 1. The Hall–Kier alpha value is -1.75. The van der Waals surface area contributed by atoms with Gasteiger partial charge in [-0.05, 0) is 32.9 Å². The lowest BCUT2D eigenvalue weighted by Crippen LogP contribution is -2.33. The van der Waals surface area contributed by atoms with Gasteiger partial charge in [0.15, 0.2) is 0 Å². The van der Waals surface area contributed by atoms with E-state index in [1.807, 2.05) is 0 Å². The quantitative estimate of drug-likeness (QED) is 0.790. The first-order valence-electron chi connectivity index (χ1n) is 5.19. The summed E-state index contributed by atoms with van der Waals surface area (Å²) < 4.78 is 4.92. The Morgan fingerprint density at radius 2 is 2.00 bits per heavy atom. The summed E-state index contributed by atoms with van der Waals surface area (Å²) in [5, 5.41) is 9.63. The van der Waals surface area contributed by atoms with Gasteiger partial charge in [0, 0.05) is 6.07 Å². The van der Waals surface area contributed by atoms with Crippen LogP contribution in [0.15, 0.2) is 18.2 Å². The monoisotopic (exact) mass is 239 g/mol. The number of hydrogen-bond donors (Lipinski definition) is 2. The molecule has 1 aromatic carbocycles. The van der Waals surface area contributed by atoms with E-state index < -0.39 is 11.5 Å². The number of phenolic OH excluding ortho intramolecular Hbond substituents is 1. The van der Waals surface area contributed by atoms with Crippen molar-refractivity contribution in [2.24, 2.45) is 0 Å². The third-order valence-corrected chi connectivity index (χ3v) is 1.90. The van der Waals surface area contributed by atoms with Crippen molar-refractivity contribution in [3.05, 3.63) is 23.8 Å². The molecule has 5 nitrogen and oxygen atoms in total. The summed E-state index contributed by atoms with van der Waals surface area (Å²) in [5.74, 6) is -0.171. The Morgan fingerprint density at radius 3 is 2.47 bits per heavy atom. The highest BCUT2D eigenvalue weighted by atomic mass is 16.7. The van der Waals surface area contributed by atoms with Gasteiger partial charge in [-0.3, -0.25) is 9.63 Å². The fraction of sp³-hybridized carbons (Fsp3) is 0.417. The van der Waals surface area contributed by atoms with Gasteiger partial charge in [0.2, 0.25) is 0 Å². The Bertz CT molecular complexity index is 409. The zero-order valence-electron chi connectivity index (χ0n) is 10.4. The highest BCUT2D eigenvalue weighted by Gasteiger charge is 2.16. The van der Waals surface area contributed by atoms with E-state index in [0.717, 1.165) is 0 Å². The van der Waals surface area contributed by atoms with Crippen LogP contribution in [0.3, 0.4) is 0 Å². The standard InChI is InChI=1S/C12H17NO4/c1-12(2,3)17-13-11(15)9-6-5-8(16-4)7-10(9)14/h5-7,14H,1-4H3,(H,13,15). The smallest absolute Gasteiger partial charge is 0.278 e. The van der Waals surface area contributed by atoms with Gasteiger partial charge < -0.3 is 9.84 Å². The topological polar surface area (TPSA) is 67.8 Å². The van der Waals surface area contributed by atoms with Crippen molar-refractivity contribution in [1.29, 1.82) is 0 Å². The number of nitrogens with one attached hydrogen (secondary N) is 1. The molecular formula is C12H17NO4. The van der Waals surface area contributed by atoms with Crippen molar-refractivity contribution >= 4 is 5.91 Å². The van der Waals surface area contributed by atoms with Crippen molar-refractivity contribution in [1.82, 2.24) is 5.48 Å². The number of aromatic hydroxyl groups is 1. The second-order valence-electron chi connectivity index (χ2n) is 4.53. The second kappa shape index (κ2) is 5.05. The molecule has 5 heteroatoms. The van der Waals surface area contributed by atoms with E-state index in [1.165, 1.54) is 19.2 Å². The Labute approximate surface area is 100 Å². The maximum atomic E-state index is 11.7. The van der Waals surface area contributed by atoms with Crippen molar-refractivity contribution in [2.75, 3.05) is 7.11 Å². The molecule has 0 saturated carbocycles. The first-order chi connectivity index (χ1) is 7.83. The number of methoxy groups -OCH3 is 1. The van der Waals surface area contributed by atoms with Crippen molar-refractivity contribution in [3.8, 4) is 11.5 Å². The SMILES string of the molecule is COc1ccc(C(=O)NOC(C)(C)C)c(O)c1. The highest BCUT2D eigenvalue weighted by molar-refractivity contribution is 5.96.